The second-order valence-corrected chi connectivity index (χ2v) is 8.61. The Kier molecular flexibility index (Phi) is 5.48. The predicted octanol–water partition coefficient (Wildman–Crippen LogP) is 2.49. The van der Waals surface area contributed by atoms with Gasteiger partial charge in [-0.15, -0.1) is 11.3 Å². The van der Waals surface area contributed by atoms with Crippen LogP contribution in [0.2, 0.25) is 0 Å². The van der Waals surface area contributed by atoms with E-state index >= 15 is 0 Å². The number of aromatic nitrogens is 2. The number of piperazine rings is 1. The molecule has 31 heavy (non-hydrogen) atoms. The first-order valence-electron chi connectivity index (χ1n) is 10.4. The van der Waals surface area contributed by atoms with E-state index in [4.69, 9.17) is 0 Å². The van der Waals surface area contributed by atoms with Gasteiger partial charge in [-0.25, -0.2) is 4.98 Å². The van der Waals surface area contributed by atoms with Gasteiger partial charge in [-0.3, -0.25) is 19.5 Å². The first-order valence-corrected chi connectivity index (χ1v) is 11.3. The van der Waals surface area contributed by atoms with Gasteiger partial charge in [0.15, 0.2) is 0 Å². The molecule has 0 N–H and O–H groups in total. The maximum atomic E-state index is 12.9. The molecule has 2 fully saturated rings. The van der Waals surface area contributed by atoms with Gasteiger partial charge in [0.05, 0.1) is 11.1 Å². The average Bonchev–Trinajstić information content (AvgIpc) is 3.34. The average molecular weight is 434 g/mol. The Morgan fingerprint density at radius 1 is 0.903 bits per heavy atom. The molecule has 2 amide bonds. The second-order valence-electron chi connectivity index (χ2n) is 7.89. The van der Waals surface area contributed by atoms with Crippen molar-refractivity contribution in [1.29, 1.82) is 0 Å². The van der Waals surface area contributed by atoms with Gasteiger partial charge >= 0.3 is 0 Å². The maximum Gasteiger partial charge on any atom is 0.273 e. The third kappa shape index (κ3) is 4.08. The summed E-state index contributed by atoms with van der Waals surface area (Å²) in [5.74, 6) is 0.0380. The molecule has 0 radical (unpaired) electrons. The molecule has 0 saturated carbocycles. The summed E-state index contributed by atoms with van der Waals surface area (Å²) >= 11 is 1.44. The Labute approximate surface area is 185 Å². The molecule has 2 aliphatic heterocycles. The van der Waals surface area contributed by atoms with Crippen molar-refractivity contribution in [2.24, 2.45) is 0 Å². The Morgan fingerprint density at radius 3 is 2.39 bits per heavy atom. The van der Waals surface area contributed by atoms with E-state index in [2.05, 4.69) is 14.9 Å². The summed E-state index contributed by atoms with van der Waals surface area (Å²) in [5, 5.41) is 1.80. The fourth-order valence-corrected chi connectivity index (χ4v) is 4.68. The van der Waals surface area contributed by atoms with Crippen LogP contribution in [0, 0.1) is 0 Å². The molecular formula is C23H23N5O2S. The van der Waals surface area contributed by atoms with Crippen molar-refractivity contribution >= 4 is 23.2 Å². The molecule has 1 aromatic carbocycles. The zero-order valence-electron chi connectivity index (χ0n) is 17.1. The smallest absolute Gasteiger partial charge is 0.273 e. The van der Waals surface area contributed by atoms with Crippen LogP contribution >= 0.6 is 11.3 Å². The number of hydrogen-bond acceptors (Lipinski definition) is 6. The number of amides is 2. The van der Waals surface area contributed by atoms with Crippen molar-refractivity contribution < 1.29 is 9.59 Å². The molecule has 7 nitrogen and oxygen atoms in total. The summed E-state index contributed by atoms with van der Waals surface area (Å²) < 4.78 is 0. The topological polar surface area (TPSA) is 69.6 Å². The van der Waals surface area contributed by atoms with Gasteiger partial charge in [0, 0.05) is 68.6 Å². The molecule has 0 aliphatic carbocycles. The molecule has 5 rings (SSSR count). The van der Waals surface area contributed by atoms with Gasteiger partial charge in [-0.05, 0) is 11.6 Å². The van der Waals surface area contributed by atoms with Crippen molar-refractivity contribution in [2.75, 3.05) is 39.3 Å². The fraction of sp³-hybridized carbons (Fsp3) is 0.304. The monoisotopic (exact) mass is 433 g/mol. The molecular weight excluding hydrogens is 410 g/mol. The van der Waals surface area contributed by atoms with E-state index in [1.54, 1.807) is 23.3 Å². The fourth-order valence-electron chi connectivity index (χ4n) is 4.15. The number of benzene rings is 1. The molecule has 8 heteroatoms. The van der Waals surface area contributed by atoms with E-state index in [-0.39, 0.29) is 11.8 Å². The van der Waals surface area contributed by atoms with E-state index in [1.165, 1.54) is 11.3 Å². The molecule has 0 spiro atoms. The lowest BCUT2D eigenvalue weighted by molar-refractivity contribution is 0.00842. The second kappa shape index (κ2) is 8.56. The Morgan fingerprint density at radius 2 is 1.68 bits per heavy atom. The van der Waals surface area contributed by atoms with Crippen LogP contribution in [0.5, 0.6) is 0 Å². The highest BCUT2D eigenvalue weighted by molar-refractivity contribution is 7.07. The standard InChI is InChI=1S/C23H23N5O2S/c29-22(19-10-18(11-24-12-19)17-4-2-1-3-5-17)28-13-20(14-28)26-6-8-27(9-7-26)23(30)21-15-31-16-25-21/h1-5,10-12,15-16,20H,6-9,13-14H2. The summed E-state index contributed by atoms with van der Waals surface area (Å²) in [6, 6.07) is 12.2. The number of likely N-dealkylation sites (tertiary alicyclic amines) is 1. The lowest BCUT2D eigenvalue weighted by Gasteiger charge is -2.48. The van der Waals surface area contributed by atoms with Crippen LogP contribution in [0.4, 0.5) is 0 Å². The summed E-state index contributed by atoms with van der Waals surface area (Å²) in [6.45, 7) is 4.48. The molecule has 0 atom stereocenters. The Balaban J connectivity index is 1.15. The van der Waals surface area contributed by atoms with Crippen LogP contribution in [-0.4, -0.2) is 81.8 Å². The number of pyridine rings is 1. The molecule has 3 aromatic rings. The van der Waals surface area contributed by atoms with E-state index < -0.39 is 0 Å². The molecule has 2 aromatic heterocycles. The minimum absolute atomic E-state index is 0.0112. The van der Waals surface area contributed by atoms with E-state index in [1.807, 2.05) is 46.2 Å². The summed E-state index contributed by atoms with van der Waals surface area (Å²) in [4.78, 5) is 39.9. The van der Waals surface area contributed by atoms with Crippen molar-refractivity contribution in [1.82, 2.24) is 24.7 Å². The zero-order valence-corrected chi connectivity index (χ0v) is 17.9. The summed E-state index contributed by atoms with van der Waals surface area (Å²) in [6.07, 6.45) is 3.43. The van der Waals surface area contributed by atoms with Crippen molar-refractivity contribution in [3.05, 3.63) is 70.9 Å². The SMILES string of the molecule is O=C(c1cncc(-c2ccccc2)c1)N1CC(N2CCN(C(=O)c3cscn3)CC2)C1. The van der Waals surface area contributed by atoms with Gasteiger partial charge in [0.2, 0.25) is 0 Å². The Hall–Kier alpha value is -3.10. The highest BCUT2D eigenvalue weighted by Gasteiger charge is 2.37. The van der Waals surface area contributed by atoms with Crippen LogP contribution in [0.3, 0.4) is 0 Å². The highest BCUT2D eigenvalue weighted by Crippen LogP contribution is 2.23. The third-order valence-electron chi connectivity index (χ3n) is 6.01. The minimum atomic E-state index is 0.0112. The first-order chi connectivity index (χ1) is 15.2. The lowest BCUT2D eigenvalue weighted by atomic mass is 10.0. The van der Waals surface area contributed by atoms with Crippen LogP contribution < -0.4 is 0 Å². The number of nitrogens with zero attached hydrogens (tertiary/aromatic N) is 5. The minimum Gasteiger partial charge on any atom is -0.335 e. The maximum absolute atomic E-state index is 12.9. The summed E-state index contributed by atoms with van der Waals surface area (Å²) in [7, 11) is 0. The van der Waals surface area contributed by atoms with Gasteiger partial charge in [0.25, 0.3) is 11.8 Å². The molecule has 158 valence electrons. The first kappa shape index (κ1) is 19.8. The van der Waals surface area contributed by atoms with E-state index in [0.29, 0.717) is 43.5 Å². The predicted molar refractivity (Wildman–Crippen MR) is 119 cm³/mol. The molecule has 0 bridgehead atoms. The van der Waals surface area contributed by atoms with Crippen molar-refractivity contribution in [3.8, 4) is 11.1 Å². The number of carbonyl (C=O) groups is 2. The van der Waals surface area contributed by atoms with Crippen molar-refractivity contribution in [3.63, 3.8) is 0 Å². The zero-order chi connectivity index (χ0) is 21.2. The van der Waals surface area contributed by atoms with Gasteiger partial charge < -0.3 is 9.80 Å². The lowest BCUT2D eigenvalue weighted by Crippen LogP contribution is -2.64. The van der Waals surface area contributed by atoms with Crippen LogP contribution in [0.15, 0.2) is 59.7 Å². The van der Waals surface area contributed by atoms with E-state index in [9.17, 15) is 9.59 Å². The van der Waals surface area contributed by atoms with E-state index in [0.717, 1.165) is 24.2 Å². The van der Waals surface area contributed by atoms with Crippen LogP contribution in [0.1, 0.15) is 20.8 Å². The highest BCUT2D eigenvalue weighted by atomic mass is 32.1. The normalized spacial score (nSPS) is 17.4. The molecule has 2 aliphatic rings. The number of rotatable bonds is 4. The Bertz CT molecular complexity index is 1060. The number of hydrogen-bond donors (Lipinski definition) is 0. The summed E-state index contributed by atoms with van der Waals surface area (Å²) in [5.41, 5.74) is 4.85. The number of thiazole rings is 1. The van der Waals surface area contributed by atoms with Gasteiger partial charge in [-0.2, -0.15) is 0 Å². The van der Waals surface area contributed by atoms with Gasteiger partial charge in [0.1, 0.15) is 5.69 Å². The molecule has 0 unspecified atom stereocenters. The van der Waals surface area contributed by atoms with Crippen molar-refractivity contribution in [2.45, 2.75) is 6.04 Å². The van der Waals surface area contributed by atoms with Crippen LogP contribution in [-0.2, 0) is 0 Å². The molecule has 4 heterocycles. The third-order valence-corrected chi connectivity index (χ3v) is 6.60. The largest absolute Gasteiger partial charge is 0.335 e. The molecule has 2 saturated heterocycles. The van der Waals surface area contributed by atoms with Crippen LogP contribution in [0.25, 0.3) is 11.1 Å². The number of carbonyl (C=O) groups excluding carboxylic acids is 2. The van der Waals surface area contributed by atoms with Gasteiger partial charge in [-0.1, -0.05) is 30.3 Å². The quantitative estimate of drug-likeness (QED) is 0.632.